The summed E-state index contributed by atoms with van der Waals surface area (Å²) in [5, 5.41) is 12.0. The summed E-state index contributed by atoms with van der Waals surface area (Å²) in [4.78, 5) is 11.1. The van der Waals surface area contributed by atoms with Gasteiger partial charge in [-0.2, -0.15) is 0 Å². The molecule has 1 rings (SSSR count). The molecule has 0 saturated heterocycles. The van der Waals surface area contributed by atoms with Crippen molar-refractivity contribution in [3.8, 4) is 0 Å². The molecule has 0 bridgehead atoms. The minimum Gasteiger partial charge on any atom is -0.480 e. The first-order valence-electron chi connectivity index (χ1n) is 5.70. The van der Waals surface area contributed by atoms with Crippen LogP contribution in [0.5, 0.6) is 0 Å². The van der Waals surface area contributed by atoms with Crippen LogP contribution in [-0.2, 0) is 4.79 Å². The lowest BCUT2D eigenvalue weighted by Gasteiger charge is -2.21. The Morgan fingerprint density at radius 2 is 2.12 bits per heavy atom. The number of aliphatic carboxylic acids is 1. The molecule has 1 aromatic carbocycles. The minimum absolute atomic E-state index is 0.0175. The summed E-state index contributed by atoms with van der Waals surface area (Å²) < 4.78 is 13.2. The number of aryl methyl sites for hydroxylation is 1. The van der Waals surface area contributed by atoms with Gasteiger partial charge in [0.05, 0.1) is 0 Å². The fraction of sp³-hybridized carbons (Fsp3) is 0.462. The SMILES string of the molecule is CCC(C)C(Nc1cc(C)cc(F)c1)C(=O)O. The van der Waals surface area contributed by atoms with Crippen LogP contribution in [0.2, 0.25) is 0 Å². The summed E-state index contributed by atoms with van der Waals surface area (Å²) in [6.07, 6.45) is 0.748. The van der Waals surface area contributed by atoms with Crippen LogP contribution in [0.15, 0.2) is 18.2 Å². The van der Waals surface area contributed by atoms with Crippen LogP contribution in [-0.4, -0.2) is 17.1 Å². The number of carboxylic acid groups (broad SMARTS) is 1. The van der Waals surface area contributed by atoms with Crippen molar-refractivity contribution >= 4 is 11.7 Å². The second-order valence-corrected chi connectivity index (χ2v) is 4.36. The molecule has 0 aliphatic carbocycles. The van der Waals surface area contributed by atoms with Crippen molar-refractivity contribution in [3.05, 3.63) is 29.6 Å². The summed E-state index contributed by atoms with van der Waals surface area (Å²) in [5.41, 5.74) is 1.27. The first-order chi connectivity index (χ1) is 7.93. The van der Waals surface area contributed by atoms with E-state index in [1.807, 2.05) is 13.8 Å². The van der Waals surface area contributed by atoms with Crippen LogP contribution in [0.4, 0.5) is 10.1 Å². The lowest BCUT2D eigenvalue weighted by molar-refractivity contribution is -0.139. The summed E-state index contributed by atoms with van der Waals surface area (Å²) in [6.45, 7) is 5.56. The third-order valence-corrected chi connectivity index (χ3v) is 2.84. The molecule has 17 heavy (non-hydrogen) atoms. The van der Waals surface area contributed by atoms with Crippen LogP contribution in [0, 0.1) is 18.7 Å². The van der Waals surface area contributed by atoms with E-state index in [1.165, 1.54) is 12.1 Å². The number of nitrogens with one attached hydrogen (secondary N) is 1. The zero-order chi connectivity index (χ0) is 13.0. The Labute approximate surface area is 101 Å². The normalized spacial score (nSPS) is 14.1. The first-order valence-corrected chi connectivity index (χ1v) is 5.70. The number of hydrogen-bond acceptors (Lipinski definition) is 2. The molecule has 0 spiro atoms. The van der Waals surface area contributed by atoms with Gasteiger partial charge in [-0.05, 0) is 36.6 Å². The predicted octanol–water partition coefficient (Wildman–Crippen LogP) is 3.05. The monoisotopic (exact) mass is 239 g/mol. The number of benzene rings is 1. The van der Waals surface area contributed by atoms with E-state index in [4.69, 9.17) is 5.11 Å². The molecule has 2 N–H and O–H groups in total. The molecule has 94 valence electrons. The number of carbonyl (C=O) groups is 1. The molecule has 0 amide bonds. The molecule has 2 unspecified atom stereocenters. The lowest BCUT2D eigenvalue weighted by atomic mass is 9.99. The maximum absolute atomic E-state index is 13.2. The molecular formula is C13H18FNO2. The molecule has 0 aromatic heterocycles. The van der Waals surface area contributed by atoms with E-state index >= 15 is 0 Å². The summed E-state index contributed by atoms with van der Waals surface area (Å²) >= 11 is 0. The van der Waals surface area contributed by atoms with E-state index in [2.05, 4.69) is 5.32 Å². The summed E-state index contributed by atoms with van der Waals surface area (Å²) in [5.74, 6) is -1.29. The van der Waals surface area contributed by atoms with Crippen LogP contribution in [0.25, 0.3) is 0 Å². The molecule has 1 aromatic rings. The molecular weight excluding hydrogens is 221 g/mol. The third-order valence-electron chi connectivity index (χ3n) is 2.84. The Hall–Kier alpha value is -1.58. The third kappa shape index (κ3) is 3.73. The fourth-order valence-electron chi connectivity index (χ4n) is 1.68. The maximum Gasteiger partial charge on any atom is 0.326 e. The molecule has 0 fully saturated rings. The molecule has 3 nitrogen and oxygen atoms in total. The average Bonchev–Trinajstić information content (AvgIpc) is 2.23. The minimum atomic E-state index is -0.915. The number of rotatable bonds is 5. The van der Waals surface area contributed by atoms with Gasteiger partial charge in [-0.1, -0.05) is 20.3 Å². The topological polar surface area (TPSA) is 49.3 Å². The molecule has 0 aliphatic heterocycles. The van der Waals surface area contributed by atoms with Gasteiger partial charge in [0.2, 0.25) is 0 Å². The van der Waals surface area contributed by atoms with Crippen molar-refractivity contribution in [2.45, 2.75) is 33.2 Å². The standard InChI is InChI=1S/C13H18FNO2/c1-4-9(3)12(13(16)17)15-11-6-8(2)5-10(14)7-11/h5-7,9,12,15H,4H2,1-3H3,(H,16,17). The number of anilines is 1. The van der Waals surface area contributed by atoms with E-state index in [1.54, 1.807) is 13.0 Å². The van der Waals surface area contributed by atoms with Gasteiger partial charge in [-0.3, -0.25) is 0 Å². The van der Waals surface area contributed by atoms with E-state index in [0.29, 0.717) is 5.69 Å². The van der Waals surface area contributed by atoms with Crippen molar-refractivity contribution in [2.75, 3.05) is 5.32 Å². The van der Waals surface area contributed by atoms with Crippen LogP contribution >= 0.6 is 0 Å². The maximum atomic E-state index is 13.2. The van der Waals surface area contributed by atoms with Gasteiger partial charge in [-0.15, -0.1) is 0 Å². The van der Waals surface area contributed by atoms with E-state index in [-0.39, 0.29) is 11.7 Å². The van der Waals surface area contributed by atoms with Crippen molar-refractivity contribution in [1.29, 1.82) is 0 Å². The quantitative estimate of drug-likeness (QED) is 0.830. The molecule has 0 heterocycles. The highest BCUT2D eigenvalue weighted by Gasteiger charge is 2.23. The van der Waals surface area contributed by atoms with Gasteiger partial charge in [0, 0.05) is 5.69 Å². The lowest BCUT2D eigenvalue weighted by Crippen LogP contribution is -2.35. The van der Waals surface area contributed by atoms with Crippen molar-refractivity contribution in [2.24, 2.45) is 5.92 Å². The number of hydrogen-bond donors (Lipinski definition) is 2. The summed E-state index contributed by atoms with van der Waals surface area (Å²) in [6, 6.07) is 3.76. The zero-order valence-corrected chi connectivity index (χ0v) is 10.3. The van der Waals surface area contributed by atoms with Crippen molar-refractivity contribution < 1.29 is 14.3 Å². The Morgan fingerprint density at radius 1 is 1.47 bits per heavy atom. The Balaban J connectivity index is 2.89. The molecule has 2 atom stereocenters. The second kappa shape index (κ2) is 5.66. The van der Waals surface area contributed by atoms with E-state index < -0.39 is 12.0 Å². The largest absolute Gasteiger partial charge is 0.480 e. The Bertz CT molecular complexity index is 386. The van der Waals surface area contributed by atoms with Crippen molar-refractivity contribution in [1.82, 2.24) is 0 Å². The first kappa shape index (κ1) is 13.5. The highest BCUT2D eigenvalue weighted by atomic mass is 19.1. The smallest absolute Gasteiger partial charge is 0.326 e. The number of halogens is 1. The Kier molecular flexibility index (Phi) is 4.49. The van der Waals surface area contributed by atoms with Gasteiger partial charge in [0.1, 0.15) is 11.9 Å². The fourth-order valence-corrected chi connectivity index (χ4v) is 1.68. The molecule has 0 radical (unpaired) electrons. The second-order valence-electron chi connectivity index (χ2n) is 4.36. The molecule has 0 aliphatic rings. The van der Waals surface area contributed by atoms with Gasteiger partial charge < -0.3 is 10.4 Å². The average molecular weight is 239 g/mol. The predicted molar refractivity (Wildman–Crippen MR) is 65.6 cm³/mol. The molecule has 0 saturated carbocycles. The van der Waals surface area contributed by atoms with Gasteiger partial charge in [-0.25, -0.2) is 9.18 Å². The van der Waals surface area contributed by atoms with Gasteiger partial charge in [0.15, 0.2) is 0 Å². The zero-order valence-electron chi connectivity index (χ0n) is 10.3. The van der Waals surface area contributed by atoms with Crippen LogP contribution < -0.4 is 5.32 Å². The highest BCUT2D eigenvalue weighted by molar-refractivity contribution is 5.77. The van der Waals surface area contributed by atoms with Crippen LogP contribution in [0.3, 0.4) is 0 Å². The van der Waals surface area contributed by atoms with Gasteiger partial charge >= 0.3 is 5.97 Å². The van der Waals surface area contributed by atoms with Crippen LogP contribution in [0.1, 0.15) is 25.8 Å². The van der Waals surface area contributed by atoms with Gasteiger partial charge in [0.25, 0.3) is 0 Å². The van der Waals surface area contributed by atoms with E-state index in [9.17, 15) is 9.18 Å². The Morgan fingerprint density at radius 3 is 2.59 bits per heavy atom. The highest BCUT2D eigenvalue weighted by Crippen LogP contribution is 2.18. The van der Waals surface area contributed by atoms with Crippen molar-refractivity contribution in [3.63, 3.8) is 0 Å². The van der Waals surface area contributed by atoms with E-state index in [0.717, 1.165) is 12.0 Å². The molecule has 4 heteroatoms. The number of carboxylic acids is 1. The summed E-state index contributed by atoms with van der Waals surface area (Å²) in [7, 11) is 0.